The summed E-state index contributed by atoms with van der Waals surface area (Å²) in [6.45, 7) is 5.39. The third-order valence-corrected chi connectivity index (χ3v) is 4.79. The fraction of sp³-hybridized carbons (Fsp3) is 0.474. The van der Waals surface area contributed by atoms with Gasteiger partial charge in [-0.2, -0.15) is 0 Å². The molecule has 0 radical (unpaired) electrons. The van der Waals surface area contributed by atoms with Gasteiger partial charge in [0.2, 0.25) is 5.95 Å². The predicted octanol–water partition coefficient (Wildman–Crippen LogP) is 1.49. The number of benzene rings is 1. The summed E-state index contributed by atoms with van der Waals surface area (Å²) in [4.78, 5) is 13.1. The molecule has 1 fully saturated rings. The average molecular weight is 356 g/mol. The standard InChI is InChI=1S/C19H24N4O3/c24-16(15-3-4-17-18(13-15)26-12-2-11-25-17)14-22-7-9-23(10-8-22)19-20-5-1-6-21-19/h1,3-6,13,16,24H,2,7-12,14H2. The van der Waals surface area contributed by atoms with Gasteiger partial charge in [-0.15, -0.1) is 0 Å². The summed E-state index contributed by atoms with van der Waals surface area (Å²) in [6, 6.07) is 7.54. The van der Waals surface area contributed by atoms with Crippen LogP contribution in [-0.4, -0.2) is 65.9 Å². The lowest BCUT2D eigenvalue weighted by Gasteiger charge is -2.35. The van der Waals surface area contributed by atoms with Gasteiger partial charge >= 0.3 is 0 Å². The third-order valence-electron chi connectivity index (χ3n) is 4.79. The molecular formula is C19H24N4O3. The molecule has 0 spiro atoms. The maximum Gasteiger partial charge on any atom is 0.225 e. The Labute approximate surface area is 153 Å². The topological polar surface area (TPSA) is 71.0 Å². The second-order valence-electron chi connectivity index (χ2n) is 6.61. The van der Waals surface area contributed by atoms with Gasteiger partial charge in [-0.25, -0.2) is 9.97 Å². The van der Waals surface area contributed by atoms with Gasteiger partial charge in [-0.05, 0) is 23.8 Å². The number of nitrogens with zero attached hydrogens (tertiary/aromatic N) is 4. The monoisotopic (exact) mass is 356 g/mol. The van der Waals surface area contributed by atoms with E-state index < -0.39 is 6.10 Å². The fourth-order valence-electron chi connectivity index (χ4n) is 3.32. The minimum atomic E-state index is -0.549. The number of aliphatic hydroxyl groups excluding tert-OH is 1. The van der Waals surface area contributed by atoms with E-state index in [1.165, 1.54) is 0 Å². The number of hydrogen-bond acceptors (Lipinski definition) is 7. The Kier molecular flexibility index (Phi) is 5.17. The van der Waals surface area contributed by atoms with Gasteiger partial charge in [0.25, 0.3) is 0 Å². The molecule has 1 saturated heterocycles. The minimum absolute atomic E-state index is 0.549. The largest absolute Gasteiger partial charge is 0.490 e. The van der Waals surface area contributed by atoms with Crippen molar-refractivity contribution in [2.75, 3.05) is 50.8 Å². The highest BCUT2D eigenvalue weighted by molar-refractivity contribution is 5.44. The number of anilines is 1. The van der Waals surface area contributed by atoms with Crippen LogP contribution in [0.2, 0.25) is 0 Å². The van der Waals surface area contributed by atoms with Crippen molar-refractivity contribution in [3.8, 4) is 11.5 Å². The van der Waals surface area contributed by atoms with Crippen molar-refractivity contribution < 1.29 is 14.6 Å². The van der Waals surface area contributed by atoms with E-state index in [1.54, 1.807) is 12.4 Å². The van der Waals surface area contributed by atoms with E-state index in [4.69, 9.17) is 9.47 Å². The van der Waals surface area contributed by atoms with Crippen LogP contribution < -0.4 is 14.4 Å². The zero-order chi connectivity index (χ0) is 17.8. The number of piperazine rings is 1. The van der Waals surface area contributed by atoms with Gasteiger partial charge in [0.05, 0.1) is 19.3 Å². The first-order valence-electron chi connectivity index (χ1n) is 9.11. The Morgan fingerprint density at radius 1 is 1.00 bits per heavy atom. The smallest absolute Gasteiger partial charge is 0.225 e. The molecule has 4 rings (SSSR count). The molecule has 138 valence electrons. The van der Waals surface area contributed by atoms with Crippen LogP contribution in [-0.2, 0) is 0 Å². The average Bonchev–Trinajstić information content (AvgIpc) is 2.94. The summed E-state index contributed by atoms with van der Waals surface area (Å²) in [6.07, 6.45) is 3.86. The molecule has 1 aromatic carbocycles. The van der Waals surface area contributed by atoms with Gasteiger partial charge in [-0.1, -0.05) is 6.07 Å². The van der Waals surface area contributed by atoms with Gasteiger partial charge < -0.3 is 19.5 Å². The number of hydrogen-bond donors (Lipinski definition) is 1. The molecular weight excluding hydrogens is 332 g/mol. The SMILES string of the molecule is OC(CN1CCN(c2ncccn2)CC1)c1ccc2c(c1)OCCCO2. The van der Waals surface area contributed by atoms with Crippen molar-refractivity contribution in [1.82, 2.24) is 14.9 Å². The second-order valence-corrected chi connectivity index (χ2v) is 6.61. The van der Waals surface area contributed by atoms with Crippen LogP contribution >= 0.6 is 0 Å². The lowest BCUT2D eigenvalue weighted by atomic mass is 10.1. The zero-order valence-corrected chi connectivity index (χ0v) is 14.8. The number of β-amino-alcohol motifs (C(OH)–C–C–N with tert-alkyl or cyclic N) is 1. The van der Waals surface area contributed by atoms with Crippen LogP contribution in [0.5, 0.6) is 11.5 Å². The van der Waals surface area contributed by atoms with E-state index in [0.29, 0.717) is 19.8 Å². The van der Waals surface area contributed by atoms with Gasteiger partial charge in [0.1, 0.15) is 0 Å². The van der Waals surface area contributed by atoms with Crippen molar-refractivity contribution in [2.45, 2.75) is 12.5 Å². The normalized spacial score (nSPS) is 19.0. The molecule has 7 nitrogen and oxygen atoms in total. The van der Waals surface area contributed by atoms with Crippen LogP contribution in [0.25, 0.3) is 0 Å². The van der Waals surface area contributed by atoms with Crippen LogP contribution in [0.4, 0.5) is 5.95 Å². The highest BCUT2D eigenvalue weighted by Gasteiger charge is 2.22. The molecule has 1 N–H and O–H groups in total. The van der Waals surface area contributed by atoms with Crippen LogP contribution in [0.3, 0.4) is 0 Å². The van der Waals surface area contributed by atoms with Gasteiger partial charge in [0, 0.05) is 51.5 Å². The fourth-order valence-corrected chi connectivity index (χ4v) is 3.32. The zero-order valence-electron chi connectivity index (χ0n) is 14.8. The Balaban J connectivity index is 1.34. The minimum Gasteiger partial charge on any atom is -0.490 e. The Bertz CT molecular complexity index is 720. The summed E-state index contributed by atoms with van der Waals surface area (Å²) in [7, 11) is 0. The van der Waals surface area contributed by atoms with E-state index in [9.17, 15) is 5.11 Å². The summed E-state index contributed by atoms with van der Waals surface area (Å²) in [5.41, 5.74) is 0.864. The highest BCUT2D eigenvalue weighted by atomic mass is 16.5. The molecule has 0 saturated carbocycles. The van der Waals surface area contributed by atoms with Crippen molar-refractivity contribution in [3.63, 3.8) is 0 Å². The molecule has 1 unspecified atom stereocenters. The number of aliphatic hydroxyl groups is 1. The van der Waals surface area contributed by atoms with Gasteiger partial charge in [-0.3, -0.25) is 4.90 Å². The molecule has 0 aliphatic carbocycles. The van der Waals surface area contributed by atoms with Crippen molar-refractivity contribution in [3.05, 3.63) is 42.2 Å². The second kappa shape index (κ2) is 7.88. The lowest BCUT2D eigenvalue weighted by Crippen LogP contribution is -2.48. The molecule has 3 heterocycles. The summed E-state index contributed by atoms with van der Waals surface area (Å²) >= 11 is 0. The highest BCUT2D eigenvalue weighted by Crippen LogP contribution is 2.32. The quantitative estimate of drug-likeness (QED) is 0.890. The molecule has 2 aliphatic rings. The van der Waals surface area contributed by atoms with E-state index in [2.05, 4.69) is 19.8 Å². The first-order chi connectivity index (χ1) is 12.8. The Morgan fingerprint density at radius 3 is 2.50 bits per heavy atom. The number of fused-ring (bicyclic) bond motifs is 1. The molecule has 2 aliphatic heterocycles. The Morgan fingerprint density at radius 2 is 1.73 bits per heavy atom. The molecule has 26 heavy (non-hydrogen) atoms. The van der Waals surface area contributed by atoms with Gasteiger partial charge in [0.15, 0.2) is 11.5 Å². The van der Waals surface area contributed by atoms with E-state index >= 15 is 0 Å². The number of aromatic nitrogens is 2. The summed E-state index contributed by atoms with van der Waals surface area (Å²) in [5, 5.41) is 10.7. The van der Waals surface area contributed by atoms with Crippen molar-refractivity contribution >= 4 is 5.95 Å². The third kappa shape index (κ3) is 3.89. The maximum atomic E-state index is 10.7. The van der Waals surface area contributed by atoms with Crippen LogP contribution in [0.1, 0.15) is 18.1 Å². The predicted molar refractivity (Wildman–Crippen MR) is 97.7 cm³/mol. The van der Waals surface area contributed by atoms with Crippen LogP contribution in [0.15, 0.2) is 36.7 Å². The lowest BCUT2D eigenvalue weighted by molar-refractivity contribution is 0.109. The van der Waals surface area contributed by atoms with Crippen molar-refractivity contribution in [2.24, 2.45) is 0 Å². The molecule has 1 aromatic heterocycles. The van der Waals surface area contributed by atoms with E-state index in [-0.39, 0.29) is 0 Å². The van der Waals surface area contributed by atoms with E-state index in [1.807, 2.05) is 24.3 Å². The van der Waals surface area contributed by atoms with Crippen LogP contribution in [0, 0.1) is 0 Å². The summed E-state index contributed by atoms with van der Waals surface area (Å²) < 4.78 is 11.4. The molecule has 0 amide bonds. The number of ether oxygens (including phenoxy) is 2. The van der Waals surface area contributed by atoms with E-state index in [0.717, 1.165) is 55.6 Å². The molecule has 0 bridgehead atoms. The summed E-state index contributed by atoms with van der Waals surface area (Å²) in [5.74, 6) is 2.26. The van der Waals surface area contributed by atoms with Crippen molar-refractivity contribution in [1.29, 1.82) is 0 Å². The maximum absolute atomic E-state index is 10.7. The molecule has 1 atom stereocenters. The molecule has 7 heteroatoms. The first-order valence-corrected chi connectivity index (χ1v) is 9.11. The molecule has 2 aromatic rings. The number of rotatable bonds is 4. The Hall–Kier alpha value is -2.38. The first kappa shape index (κ1) is 17.1.